The van der Waals surface area contributed by atoms with E-state index in [2.05, 4.69) is 10.6 Å². The van der Waals surface area contributed by atoms with Crippen molar-refractivity contribution in [1.82, 2.24) is 10.2 Å². The minimum absolute atomic E-state index is 0.0297. The van der Waals surface area contributed by atoms with Crippen LogP contribution in [-0.2, 0) is 4.79 Å². The molecule has 0 fully saturated rings. The molecular formula is C19H23N3O3. The van der Waals surface area contributed by atoms with Crippen molar-refractivity contribution >= 4 is 17.6 Å². The number of carbonyl (C=O) groups is 2. The van der Waals surface area contributed by atoms with Crippen molar-refractivity contribution in [2.75, 3.05) is 26.0 Å². The van der Waals surface area contributed by atoms with E-state index in [4.69, 9.17) is 4.74 Å². The summed E-state index contributed by atoms with van der Waals surface area (Å²) in [6.45, 7) is 2.31. The summed E-state index contributed by atoms with van der Waals surface area (Å²) in [5.41, 5.74) is 1.82. The van der Waals surface area contributed by atoms with Crippen molar-refractivity contribution in [1.29, 1.82) is 0 Å². The van der Waals surface area contributed by atoms with Gasteiger partial charge in [0.1, 0.15) is 11.5 Å². The fourth-order valence-electron chi connectivity index (χ4n) is 2.03. The second-order valence-corrected chi connectivity index (χ2v) is 5.86. The number of benzene rings is 2. The third kappa shape index (κ3) is 6.18. The smallest absolute Gasteiger partial charge is 0.319 e. The topological polar surface area (TPSA) is 70.7 Å². The van der Waals surface area contributed by atoms with Crippen LogP contribution >= 0.6 is 0 Å². The molecule has 0 heterocycles. The summed E-state index contributed by atoms with van der Waals surface area (Å²) < 4.78 is 5.74. The average molecular weight is 341 g/mol. The van der Waals surface area contributed by atoms with E-state index in [0.29, 0.717) is 11.4 Å². The predicted octanol–water partition coefficient (Wildman–Crippen LogP) is 3.39. The highest BCUT2D eigenvalue weighted by Crippen LogP contribution is 2.23. The summed E-state index contributed by atoms with van der Waals surface area (Å²) >= 11 is 0. The Morgan fingerprint density at radius 2 is 1.52 bits per heavy atom. The summed E-state index contributed by atoms with van der Waals surface area (Å²) in [4.78, 5) is 24.7. The van der Waals surface area contributed by atoms with Crippen molar-refractivity contribution in [3.63, 3.8) is 0 Å². The third-order valence-corrected chi connectivity index (χ3v) is 3.49. The number of anilines is 1. The number of ether oxygens (including phenoxy) is 1. The highest BCUT2D eigenvalue weighted by atomic mass is 16.5. The molecule has 0 aromatic heterocycles. The zero-order valence-corrected chi connectivity index (χ0v) is 14.7. The van der Waals surface area contributed by atoms with E-state index in [0.717, 1.165) is 5.75 Å². The number of carbonyl (C=O) groups excluding carboxylic acids is 2. The molecule has 6 heteroatoms. The molecule has 2 aromatic carbocycles. The van der Waals surface area contributed by atoms with Crippen LogP contribution in [0.3, 0.4) is 0 Å². The molecule has 6 nitrogen and oxygen atoms in total. The Morgan fingerprint density at radius 1 is 0.960 bits per heavy atom. The maximum Gasteiger partial charge on any atom is 0.319 e. The SMILES string of the molecule is Cc1ccc(Oc2ccc(NC(=O)NCCC(=O)N(C)C)cc2)cc1. The van der Waals surface area contributed by atoms with Crippen LogP contribution in [0, 0.1) is 6.92 Å². The number of hydrogen-bond acceptors (Lipinski definition) is 3. The van der Waals surface area contributed by atoms with Gasteiger partial charge in [0.05, 0.1) is 0 Å². The van der Waals surface area contributed by atoms with Crippen molar-refractivity contribution in [2.24, 2.45) is 0 Å². The summed E-state index contributed by atoms with van der Waals surface area (Å²) in [6.07, 6.45) is 0.268. The lowest BCUT2D eigenvalue weighted by Gasteiger charge is -2.11. The van der Waals surface area contributed by atoms with E-state index in [1.54, 1.807) is 38.4 Å². The minimum atomic E-state index is -0.348. The maximum atomic E-state index is 11.8. The van der Waals surface area contributed by atoms with Gasteiger partial charge < -0.3 is 20.3 Å². The average Bonchev–Trinajstić information content (AvgIpc) is 2.58. The molecular weight excluding hydrogens is 318 g/mol. The van der Waals surface area contributed by atoms with Gasteiger partial charge in [0.25, 0.3) is 0 Å². The van der Waals surface area contributed by atoms with Gasteiger partial charge in [-0.05, 0) is 43.3 Å². The van der Waals surface area contributed by atoms with Crippen molar-refractivity contribution in [3.8, 4) is 11.5 Å². The van der Waals surface area contributed by atoms with Gasteiger partial charge in [-0.2, -0.15) is 0 Å². The number of amides is 3. The van der Waals surface area contributed by atoms with Crippen LogP contribution in [0.4, 0.5) is 10.5 Å². The molecule has 2 rings (SSSR count). The Hall–Kier alpha value is -3.02. The van der Waals surface area contributed by atoms with Crippen LogP contribution in [0.25, 0.3) is 0 Å². The van der Waals surface area contributed by atoms with Gasteiger partial charge in [0.15, 0.2) is 0 Å². The van der Waals surface area contributed by atoms with E-state index in [-0.39, 0.29) is 24.9 Å². The van der Waals surface area contributed by atoms with E-state index < -0.39 is 0 Å². The lowest BCUT2D eigenvalue weighted by Crippen LogP contribution is -2.33. The van der Waals surface area contributed by atoms with Gasteiger partial charge in [0.2, 0.25) is 5.91 Å². The molecule has 3 amide bonds. The summed E-state index contributed by atoms with van der Waals surface area (Å²) in [5, 5.41) is 5.36. The fraction of sp³-hybridized carbons (Fsp3) is 0.263. The lowest BCUT2D eigenvalue weighted by atomic mass is 10.2. The van der Waals surface area contributed by atoms with Gasteiger partial charge in [0, 0.05) is 32.7 Å². The molecule has 0 spiro atoms. The number of urea groups is 1. The first kappa shape index (κ1) is 18.3. The summed E-state index contributed by atoms with van der Waals surface area (Å²) in [6, 6.07) is 14.5. The minimum Gasteiger partial charge on any atom is -0.457 e. The zero-order valence-electron chi connectivity index (χ0n) is 14.7. The molecule has 0 atom stereocenters. The third-order valence-electron chi connectivity index (χ3n) is 3.49. The van der Waals surface area contributed by atoms with Gasteiger partial charge in [-0.1, -0.05) is 17.7 Å². The van der Waals surface area contributed by atoms with Crippen molar-refractivity contribution in [2.45, 2.75) is 13.3 Å². The van der Waals surface area contributed by atoms with Crippen LogP contribution in [0.5, 0.6) is 11.5 Å². The molecule has 0 unspecified atom stereocenters. The molecule has 0 saturated heterocycles. The lowest BCUT2D eigenvalue weighted by molar-refractivity contribution is -0.128. The summed E-state index contributed by atoms with van der Waals surface area (Å²) in [7, 11) is 3.37. The normalized spacial score (nSPS) is 10.0. The maximum absolute atomic E-state index is 11.8. The Kier molecular flexibility index (Phi) is 6.39. The van der Waals surface area contributed by atoms with E-state index in [1.165, 1.54) is 10.5 Å². The Morgan fingerprint density at radius 3 is 2.08 bits per heavy atom. The monoisotopic (exact) mass is 341 g/mol. The van der Waals surface area contributed by atoms with Crippen molar-refractivity contribution in [3.05, 3.63) is 54.1 Å². The number of hydrogen-bond donors (Lipinski definition) is 2. The molecule has 0 radical (unpaired) electrons. The van der Waals surface area contributed by atoms with E-state index >= 15 is 0 Å². The Labute approximate surface area is 147 Å². The van der Waals surface area contributed by atoms with Gasteiger partial charge in [-0.25, -0.2) is 4.79 Å². The molecule has 132 valence electrons. The molecule has 25 heavy (non-hydrogen) atoms. The van der Waals surface area contributed by atoms with Crippen LogP contribution in [-0.4, -0.2) is 37.5 Å². The number of aryl methyl sites for hydroxylation is 1. The largest absolute Gasteiger partial charge is 0.457 e. The highest BCUT2D eigenvalue weighted by molar-refractivity contribution is 5.89. The van der Waals surface area contributed by atoms with E-state index in [1.807, 2.05) is 31.2 Å². The first-order valence-corrected chi connectivity index (χ1v) is 8.03. The first-order valence-electron chi connectivity index (χ1n) is 8.03. The standard InChI is InChI=1S/C19H23N3O3/c1-14-4-8-16(9-5-14)25-17-10-6-15(7-11-17)21-19(24)20-13-12-18(23)22(2)3/h4-11H,12-13H2,1-3H3,(H2,20,21,24). The van der Waals surface area contributed by atoms with Crippen molar-refractivity contribution < 1.29 is 14.3 Å². The Balaban J connectivity index is 1.80. The quantitative estimate of drug-likeness (QED) is 0.846. The van der Waals surface area contributed by atoms with Gasteiger partial charge in [-0.3, -0.25) is 4.79 Å². The van der Waals surface area contributed by atoms with E-state index in [9.17, 15) is 9.59 Å². The first-order chi connectivity index (χ1) is 11.9. The Bertz CT molecular complexity index is 710. The fourth-order valence-corrected chi connectivity index (χ4v) is 2.03. The second-order valence-electron chi connectivity index (χ2n) is 5.86. The molecule has 2 aromatic rings. The highest BCUT2D eigenvalue weighted by Gasteiger charge is 2.06. The summed E-state index contributed by atoms with van der Waals surface area (Å²) in [5.74, 6) is 1.42. The van der Waals surface area contributed by atoms with Crippen LogP contribution in [0.15, 0.2) is 48.5 Å². The molecule has 0 bridgehead atoms. The molecule has 0 aliphatic heterocycles. The molecule has 2 N–H and O–H groups in total. The molecule has 0 aliphatic rings. The second kappa shape index (κ2) is 8.73. The van der Waals surface area contributed by atoms with Crippen LogP contribution in [0.2, 0.25) is 0 Å². The number of rotatable bonds is 6. The molecule has 0 saturated carbocycles. The predicted molar refractivity (Wildman–Crippen MR) is 98.0 cm³/mol. The van der Waals surface area contributed by atoms with Crippen LogP contribution in [0.1, 0.15) is 12.0 Å². The number of nitrogens with one attached hydrogen (secondary N) is 2. The number of nitrogens with zero attached hydrogens (tertiary/aromatic N) is 1. The van der Waals surface area contributed by atoms with Crippen LogP contribution < -0.4 is 15.4 Å². The molecule has 0 aliphatic carbocycles. The zero-order chi connectivity index (χ0) is 18.2. The van der Waals surface area contributed by atoms with Gasteiger partial charge >= 0.3 is 6.03 Å². The van der Waals surface area contributed by atoms with Gasteiger partial charge in [-0.15, -0.1) is 0 Å².